The van der Waals surface area contributed by atoms with Gasteiger partial charge in [-0.05, 0) is 38.1 Å². The Bertz CT molecular complexity index is 1120. The molecule has 0 aliphatic carbocycles. The molecule has 3 heterocycles. The summed E-state index contributed by atoms with van der Waals surface area (Å²) in [6.45, 7) is 5.10. The minimum Gasteiger partial charge on any atom is -0.486 e. The molecule has 0 saturated carbocycles. The van der Waals surface area contributed by atoms with E-state index in [9.17, 15) is 4.79 Å². The minimum absolute atomic E-state index is 0.0409. The average Bonchev–Trinajstić information content (AvgIpc) is 3.13. The van der Waals surface area contributed by atoms with Crippen LogP contribution in [0.3, 0.4) is 0 Å². The average molecular weight is 366 g/mol. The van der Waals surface area contributed by atoms with Crippen molar-refractivity contribution in [3.8, 4) is 34.3 Å². The Labute approximate surface area is 155 Å². The highest BCUT2D eigenvalue weighted by Crippen LogP contribution is 2.40. The SMILES string of the molecule is CC(C)n1c(=O)nc(-c2ccc3c(c2)OCO3)c2cc3c(cc21)OCCO3. The molecule has 0 amide bonds. The number of hydrogen-bond donors (Lipinski definition) is 0. The molecule has 0 unspecified atom stereocenters. The van der Waals surface area contributed by atoms with Crippen molar-refractivity contribution in [3.63, 3.8) is 0 Å². The first-order valence-electron chi connectivity index (χ1n) is 8.88. The maximum Gasteiger partial charge on any atom is 0.348 e. The number of nitrogens with zero attached hydrogens (tertiary/aromatic N) is 2. The molecule has 0 bridgehead atoms. The highest BCUT2D eigenvalue weighted by atomic mass is 16.7. The summed E-state index contributed by atoms with van der Waals surface area (Å²) < 4.78 is 24.0. The molecule has 1 aromatic heterocycles. The zero-order valence-corrected chi connectivity index (χ0v) is 15.0. The van der Waals surface area contributed by atoms with Crippen molar-refractivity contribution in [2.24, 2.45) is 0 Å². The molecule has 138 valence electrons. The summed E-state index contributed by atoms with van der Waals surface area (Å²) in [4.78, 5) is 17.2. The van der Waals surface area contributed by atoms with Crippen LogP contribution in [-0.4, -0.2) is 29.6 Å². The van der Waals surface area contributed by atoms with E-state index in [2.05, 4.69) is 4.98 Å². The van der Waals surface area contributed by atoms with E-state index in [-0.39, 0.29) is 18.5 Å². The molecule has 2 aliphatic heterocycles. The smallest absolute Gasteiger partial charge is 0.348 e. The lowest BCUT2D eigenvalue weighted by atomic mass is 10.0. The highest BCUT2D eigenvalue weighted by Gasteiger charge is 2.21. The Kier molecular flexibility index (Phi) is 3.50. The third kappa shape index (κ3) is 2.50. The molecule has 27 heavy (non-hydrogen) atoms. The number of benzene rings is 2. The van der Waals surface area contributed by atoms with Crippen LogP contribution >= 0.6 is 0 Å². The Morgan fingerprint density at radius 2 is 1.63 bits per heavy atom. The Morgan fingerprint density at radius 1 is 0.926 bits per heavy atom. The van der Waals surface area contributed by atoms with Gasteiger partial charge in [0.25, 0.3) is 0 Å². The second-order valence-electron chi connectivity index (χ2n) is 6.79. The first kappa shape index (κ1) is 16.0. The molecule has 0 N–H and O–H groups in total. The molecule has 3 aromatic rings. The second kappa shape index (κ2) is 5.90. The normalized spacial score (nSPS) is 14.8. The number of hydrogen-bond acceptors (Lipinski definition) is 6. The summed E-state index contributed by atoms with van der Waals surface area (Å²) in [5.74, 6) is 2.64. The summed E-state index contributed by atoms with van der Waals surface area (Å²) >= 11 is 0. The topological polar surface area (TPSA) is 71.8 Å². The van der Waals surface area contributed by atoms with Gasteiger partial charge in [-0.1, -0.05) is 0 Å². The van der Waals surface area contributed by atoms with Crippen molar-refractivity contribution in [2.75, 3.05) is 20.0 Å². The molecule has 0 saturated heterocycles. The van der Waals surface area contributed by atoms with Crippen LogP contribution in [0.25, 0.3) is 22.2 Å². The predicted octanol–water partition coefficient (Wildman–Crippen LogP) is 3.14. The van der Waals surface area contributed by atoms with Gasteiger partial charge in [0.15, 0.2) is 23.0 Å². The highest BCUT2D eigenvalue weighted by molar-refractivity contribution is 5.95. The lowest BCUT2D eigenvalue weighted by Crippen LogP contribution is -2.26. The van der Waals surface area contributed by atoms with Gasteiger partial charge in [0.05, 0.1) is 11.2 Å². The van der Waals surface area contributed by atoms with Crippen molar-refractivity contribution < 1.29 is 18.9 Å². The molecule has 0 spiro atoms. The van der Waals surface area contributed by atoms with Crippen molar-refractivity contribution in [1.82, 2.24) is 9.55 Å². The number of ether oxygens (including phenoxy) is 4. The molecule has 7 heteroatoms. The molecule has 7 nitrogen and oxygen atoms in total. The van der Waals surface area contributed by atoms with E-state index in [1.165, 1.54) is 0 Å². The monoisotopic (exact) mass is 366 g/mol. The van der Waals surface area contributed by atoms with Gasteiger partial charge in [0.1, 0.15) is 13.2 Å². The van der Waals surface area contributed by atoms with Gasteiger partial charge in [0, 0.05) is 23.1 Å². The van der Waals surface area contributed by atoms with Crippen molar-refractivity contribution >= 4 is 10.9 Å². The first-order chi connectivity index (χ1) is 13.1. The maximum atomic E-state index is 12.8. The second-order valence-corrected chi connectivity index (χ2v) is 6.79. The summed E-state index contributed by atoms with van der Waals surface area (Å²) in [7, 11) is 0. The fraction of sp³-hybridized carbons (Fsp3) is 0.300. The van der Waals surface area contributed by atoms with E-state index in [1.54, 1.807) is 4.57 Å². The Balaban J connectivity index is 1.82. The van der Waals surface area contributed by atoms with Gasteiger partial charge >= 0.3 is 5.69 Å². The molecule has 5 rings (SSSR count). The van der Waals surface area contributed by atoms with E-state index >= 15 is 0 Å². The van der Waals surface area contributed by atoms with E-state index in [0.717, 1.165) is 16.5 Å². The minimum atomic E-state index is -0.304. The third-order valence-corrected chi connectivity index (χ3v) is 4.75. The summed E-state index contributed by atoms with van der Waals surface area (Å²) in [6, 6.07) is 9.28. The summed E-state index contributed by atoms with van der Waals surface area (Å²) in [5.41, 5.74) is 1.83. The van der Waals surface area contributed by atoms with Crippen molar-refractivity contribution in [3.05, 3.63) is 40.8 Å². The van der Waals surface area contributed by atoms with Gasteiger partial charge < -0.3 is 18.9 Å². The molecule has 0 radical (unpaired) electrons. The predicted molar refractivity (Wildman–Crippen MR) is 98.9 cm³/mol. The van der Waals surface area contributed by atoms with Crippen LogP contribution < -0.4 is 24.6 Å². The molecular weight excluding hydrogens is 348 g/mol. The van der Waals surface area contributed by atoms with Crippen LogP contribution in [0, 0.1) is 0 Å². The molecule has 2 aliphatic rings. The van der Waals surface area contributed by atoms with Crippen molar-refractivity contribution in [2.45, 2.75) is 19.9 Å². The van der Waals surface area contributed by atoms with Crippen LogP contribution in [0.4, 0.5) is 0 Å². The lowest BCUT2D eigenvalue weighted by Gasteiger charge is -2.22. The molecule has 2 aromatic carbocycles. The van der Waals surface area contributed by atoms with Crippen LogP contribution in [0.5, 0.6) is 23.0 Å². The van der Waals surface area contributed by atoms with E-state index < -0.39 is 0 Å². The standard InChI is InChI=1S/C20H18N2O5/c1-11(2)22-14-9-18-17(24-5-6-25-18)8-13(14)19(21-20(22)23)12-3-4-15-16(7-12)27-10-26-15/h3-4,7-9,11H,5-6,10H2,1-2H3. The van der Waals surface area contributed by atoms with Crippen LogP contribution in [0.2, 0.25) is 0 Å². The first-order valence-corrected chi connectivity index (χ1v) is 8.88. The molecule has 0 atom stereocenters. The Hall–Kier alpha value is -3.22. The number of fused-ring (bicyclic) bond motifs is 3. The van der Waals surface area contributed by atoms with Gasteiger partial charge in [-0.25, -0.2) is 4.79 Å². The number of rotatable bonds is 2. The van der Waals surface area contributed by atoms with Gasteiger partial charge in [-0.15, -0.1) is 0 Å². The zero-order valence-electron chi connectivity index (χ0n) is 15.0. The molecular formula is C20H18N2O5. The third-order valence-electron chi connectivity index (χ3n) is 4.75. The van der Waals surface area contributed by atoms with Crippen LogP contribution in [0.1, 0.15) is 19.9 Å². The van der Waals surface area contributed by atoms with Gasteiger partial charge in [0.2, 0.25) is 6.79 Å². The van der Waals surface area contributed by atoms with E-state index in [0.29, 0.717) is 41.9 Å². The van der Waals surface area contributed by atoms with E-state index in [1.807, 2.05) is 44.2 Å². The van der Waals surface area contributed by atoms with Crippen molar-refractivity contribution in [1.29, 1.82) is 0 Å². The Morgan fingerprint density at radius 3 is 2.41 bits per heavy atom. The molecule has 0 fully saturated rings. The zero-order chi connectivity index (χ0) is 18.5. The van der Waals surface area contributed by atoms with Gasteiger partial charge in [-0.2, -0.15) is 4.98 Å². The number of aromatic nitrogens is 2. The van der Waals surface area contributed by atoms with Crippen LogP contribution in [-0.2, 0) is 0 Å². The maximum absolute atomic E-state index is 12.8. The quantitative estimate of drug-likeness (QED) is 0.694. The summed E-state index contributed by atoms with van der Waals surface area (Å²) in [6.07, 6.45) is 0. The fourth-order valence-corrected chi connectivity index (χ4v) is 3.54. The lowest BCUT2D eigenvalue weighted by molar-refractivity contribution is 0.172. The fourth-order valence-electron chi connectivity index (χ4n) is 3.54. The van der Waals surface area contributed by atoms with Gasteiger partial charge in [-0.3, -0.25) is 4.57 Å². The summed E-state index contributed by atoms with van der Waals surface area (Å²) in [5, 5.41) is 0.825. The van der Waals surface area contributed by atoms with E-state index in [4.69, 9.17) is 18.9 Å². The largest absolute Gasteiger partial charge is 0.486 e. The van der Waals surface area contributed by atoms with Crippen LogP contribution in [0.15, 0.2) is 35.1 Å².